The number of hydrogen-bond acceptors (Lipinski definition) is 1. The van der Waals surface area contributed by atoms with E-state index >= 15 is 0 Å². The van der Waals surface area contributed by atoms with Crippen LogP contribution in [-0.2, 0) is 4.79 Å². The van der Waals surface area contributed by atoms with Gasteiger partial charge in [0.05, 0.1) is 0 Å². The van der Waals surface area contributed by atoms with E-state index in [9.17, 15) is 4.79 Å². The fourth-order valence-corrected chi connectivity index (χ4v) is 1.85. The molecule has 0 aliphatic heterocycles. The first-order valence-electron chi connectivity index (χ1n) is 4.53. The minimum atomic E-state index is -0.176. The first-order valence-corrected chi connectivity index (χ1v) is 5.07. The molecule has 0 aliphatic rings. The maximum absolute atomic E-state index is 11.1. The molecule has 0 radical (unpaired) electrons. The van der Waals surface area contributed by atoms with Crippen molar-refractivity contribution >= 4 is 17.5 Å². The summed E-state index contributed by atoms with van der Waals surface area (Å²) in [6, 6.07) is 0. The van der Waals surface area contributed by atoms with Gasteiger partial charge in [-0.3, -0.25) is 4.79 Å². The van der Waals surface area contributed by atoms with Crippen molar-refractivity contribution in [3.63, 3.8) is 0 Å². The van der Waals surface area contributed by atoms with E-state index in [0.29, 0.717) is 0 Å². The highest BCUT2D eigenvalue weighted by Crippen LogP contribution is 2.26. The molecule has 0 spiro atoms. The first kappa shape index (κ1) is 12.8. The average molecular weight is 206 g/mol. The predicted octanol–water partition coefficient (Wildman–Crippen LogP) is 2.56. The first-order chi connectivity index (χ1) is 5.66. The molecule has 1 amide bonds. The minimum Gasteiger partial charge on any atom is -0.350 e. The Labute approximate surface area is 86.0 Å². The Morgan fingerprint density at radius 3 is 2.00 bits per heavy atom. The lowest BCUT2D eigenvalue weighted by molar-refractivity contribution is -0.120. The van der Waals surface area contributed by atoms with Crippen molar-refractivity contribution in [1.82, 2.24) is 5.32 Å². The number of amides is 1. The van der Waals surface area contributed by atoms with Gasteiger partial charge in [-0.05, 0) is 25.7 Å². The summed E-state index contributed by atoms with van der Waals surface area (Å²) in [5, 5.41) is 2.89. The predicted molar refractivity (Wildman–Crippen MR) is 57.0 cm³/mol. The summed E-state index contributed by atoms with van der Waals surface area (Å²) in [7, 11) is 0. The molecule has 0 saturated heterocycles. The standard InChI is InChI=1S/C10H20ClNO/c1-9(2,3)7-10(4,5)12-8(13)6-11/h6-7H2,1-5H3,(H,12,13). The van der Waals surface area contributed by atoms with Crippen LogP contribution >= 0.6 is 11.6 Å². The van der Waals surface area contributed by atoms with Crippen LogP contribution in [0.15, 0.2) is 0 Å². The number of nitrogens with one attached hydrogen (secondary N) is 1. The zero-order valence-corrected chi connectivity index (χ0v) is 9.96. The van der Waals surface area contributed by atoms with Gasteiger partial charge in [0.2, 0.25) is 5.91 Å². The molecule has 78 valence electrons. The van der Waals surface area contributed by atoms with E-state index in [-0.39, 0.29) is 22.7 Å². The Morgan fingerprint density at radius 2 is 1.69 bits per heavy atom. The molecule has 0 rings (SSSR count). The molecule has 13 heavy (non-hydrogen) atoms. The monoisotopic (exact) mass is 205 g/mol. The van der Waals surface area contributed by atoms with Crippen LogP contribution in [0.2, 0.25) is 0 Å². The lowest BCUT2D eigenvalue weighted by atomic mass is 9.82. The normalized spacial score (nSPS) is 12.8. The Hall–Kier alpha value is -0.240. The lowest BCUT2D eigenvalue weighted by Crippen LogP contribution is -2.46. The van der Waals surface area contributed by atoms with Gasteiger partial charge in [0.15, 0.2) is 0 Å². The van der Waals surface area contributed by atoms with Gasteiger partial charge in [-0.1, -0.05) is 20.8 Å². The molecule has 0 aromatic heterocycles. The Kier molecular flexibility index (Phi) is 4.24. The second kappa shape index (κ2) is 4.32. The molecule has 0 aliphatic carbocycles. The number of carbonyl (C=O) groups is 1. The van der Waals surface area contributed by atoms with Crippen molar-refractivity contribution in [2.24, 2.45) is 5.41 Å². The topological polar surface area (TPSA) is 29.1 Å². The van der Waals surface area contributed by atoms with E-state index in [4.69, 9.17) is 11.6 Å². The summed E-state index contributed by atoms with van der Waals surface area (Å²) in [6.07, 6.45) is 0.933. The van der Waals surface area contributed by atoms with Gasteiger partial charge in [0.25, 0.3) is 0 Å². The van der Waals surface area contributed by atoms with Crippen LogP contribution in [0.25, 0.3) is 0 Å². The zero-order valence-electron chi connectivity index (χ0n) is 9.20. The van der Waals surface area contributed by atoms with E-state index in [1.165, 1.54) is 0 Å². The lowest BCUT2D eigenvalue weighted by Gasteiger charge is -2.33. The quantitative estimate of drug-likeness (QED) is 0.705. The van der Waals surface area contributed by atoms with Crippen molar-refractivity contribution in [1.29, 1.82) is 0 Å². The molecule has 0 saturated carbocycles. The number of hydrogen-bond donors (Lipinski definition) is 1. The summed E-state index contributed by atoms with van der Waals surface area (Å²) in [5.74, 6) is -0.0657. The molecular formula is C10H20ClNO. The van der Waals surface area contributed by atoms with E-state index < -0.39 is 0 Å². The van der Waals surface area contributed by atoms with E-state index in [2.05, 4.69) is 26.1 Å². The molecule has 1 N–H and O–H groups in total. The third-order valence-electron chi connectivity index (χ3n) is 1.57. The number of rotatable bonds is 3. The third kappa shape index (κ3) is 6.88. The van der Waals surface area contributed by atoms with Gasteiger partial charge in [0, 0.05) is 5.54 Å². The van der Waals surface area contributed by atoms with Gasteiger partial charge in [-0.25, -0.2) is 0 Å². The molecule has 0 heterocycles. The zero-order chi connectivity index (χ0) is 10.7. The van der Waals surface area contributed by atoms with Gasteiger partial charge in [-0.2, -0.15) is 0 Å². The number of carbonyl (C=O) groups excluding carboxylic acids is 1. The van der Waals surface area contributed by atoms with Crippen LogP contribution in [0.1, 0.15) is 41.0 Å². The van der Waals surface area contributed by atoms with Gasteiger partial charge < -0.3 is 5.32 Å². The molecule has 0 bridgehead atoms. The van der Waals surface area contributed by atoms with Gasteiger partial charge >= 0.3 is 0 Å². The molecular weight excluding hydrogens is 186 g/mol. The smallest absolute Gasteiger partial charge is 0.235 e. The van der Waals surface area contributed by atoms with E-state index in [0.717, 1.165) is 6.42 Å². The highest BCUT2D eigenvalue weighted by atomic mass is 35.5. The van der Waals surface area contributed by atoms with Crippen molar-refractivity contribution in [3.8, 4) is 0 Å². The van der Waals surface area contributed by atoms with Gasteiger partial charge in [0.1, 0.15) is 5.88 Å². The average Bonchev–Trinajstić information content (AvgIpc) is 1.80. The molecule has 0 aromatic carbocycles. The Bertz CT molecular complexity index is 182. The Balaban J connectivity index is 4.16. The van der Waals surface area contributed by atoms with Crippen LogP contribution in [0, 0.1) is 5.41 Å². The van der Waals surface area contributed by atoms with Gasteiger partial charge in [-0.15, -0.1) is 11.6 Å². The second-order valence-corrected chi connectivity index (χ2v) is 5.57. The van der Waals surface area contributed by atoms with E-state index in [1.54, 1.807) is 0 Å². The summed E-state index contributed by atoms with van der Waals surface area (Å²) < 4.78 is 0. The van der Waals surface area contributed by atoms with Crippen molar-refractivity contribution in [3.05, 3.63) is 0 Å². The largest absolute Gasteiger partial charge is 0.350 e. The van der Waals surface area contributed by atoms with Crippen LogP contribution in [0.4, 0.5) is 0 Å². The number of halogens is 1. The highest BCUT2D eigenvalue weighted by molar-refractivity contribution is 6.27. The summed E-state index contributed by atoms with van der Waals surface area (Å²) in [5.41, 5.74) is 0.0350. The van der Waals surface area contributed by atoms with Crippen molar-refractivity contribution in [2.45, 2.75) is 46.6 Å². The second-order valence-electron chi connectivity index (χ2n) is 5.30. The summed E-state index contributed by atoms with van der Waals surface area (Å²) >= 11 is 5.42. The fraction of sp³-hybridized carbons (Fsp3) is 0.900. The van der Waals surface area contributed by atoms with Crippen LogP contribution in [0.3, 0.4) is 0 Å². The third-order valence-corrected chi connectivity index (χ3v) is 1.81. The molecule has 0 atom stereocenters. The molecule has 0 unspecified atom stereocenters. The van der Waals surface area contributed by atoms with Crippen molar-refractivity contribution in [2.75, 3.05) is 5.88 Å². The molecule has 0 aromatic rings. The summed E-state index contributed by atoms with van der Waals surface area (Å²) in [6.45, 7) is 10.5. The van der Waals surface area contributed by atoms with Crippen LogP contribution in [0.5, 0.6) is 0 Å². The maximum Gasteiger partial charge on any atom is 0.235 e. The molecule has 2 nitrogen and oxygen atoms in total. The van der Waals surface area contributed by atoms with Crippen molar-refractivity contribution < 1.29 is 4.79 Å². The summed E-state index contributed by atoms with van der Waals surface area (Å²) in [4.78, 5) is 11.1. The molecule has 3 heteroatoms. The SMILES string of the molecule is CC(C)(C)CC(C)(C)NC(=O)CCl. The Morgan fingerprint density at radius 1 is 1.23 bits per heavy atom. The fourth-order valence-electron chi connectivity index (χ4n) is 1.78. The minimum absolute atomic E-state index is 0.0353. The maximum atomic E-state index is 11.1. The molecule has 0 fully saturated rings. The van der Waals surface area contributed by atoms with Crippen LogP contribution < -0.4 is 5.32 Å². The number of alkyl halides is 1. The highest BCUT2D eigenvalue weighted by Gasteiger charge is 2.26. The van der Waals surface area contributed by atoms with Crippen LogP contribution in [-0.4, -0.2) is 17.3 Å². The van der Waals surface area contributed by atoms with E-state index in [1.807, 2.05) is 13.8 Å².